The van der Waals surface area contributed by atoms with Crippen molar-refractivity contribution in [2.45, 2.75) is 44.2 Å². The van der Waals surface area contributed by atoms with Crippen LogP contribution in [0.15, 0.2) is 42.5 Å². The molecule has 1 saturated carbocycles. The van der Waals surface area contributed by atoms with E-state index < -0.39 is 6.10 Å². The molecule has 0 spiro atoms. The minimum Gasteiger partial charge on any atom is -0.447 e. The van der Waals surface area contributed by atoms with Gasteiger partial charge in [-0.1, -0.05) is 42.5 Å². The molecule has 3 rings (SSSR count). The van der Waals surface area contributed by atoms with Crippen LogP contribution in [0.25, 0.3) is 0 Å². The van der Waals surface area contributed by atoms with E-state index in [1.807, 2.05) is 36.4 Å². The molecule has 116 valence electrons. The molecule has 22 heavy (non-hydrogen) atoms. The lowest BCUT2D eigenvalue weighted by atomic mass is 9.94. The Bertz CT molecular complexity index is 563. The monoisotopic (exact) mass is 299 g/mol. The number of allylic oxidation sites excluding steroid dienone is 2. The second kappa shape index (κ2) is 6.77. The summed E-state index contributed by atoms with van der Waals surface area (Å²) in [5.74, 6) is -0.623. The van der Waals surface area contributed by atoms with Gasteiger partial charge >= 0.3 is 5.97 Å². The molecule has 0 bridgehead atoms. The fourth-order valence-electron chi connectivity index (χ4n) is 2.63. The van der Waals surface area contributed by atoms with Gasteiger partial charge in [-0.3, -0.25) is 9.59 Å². The van der Waals surface area contributed by atoms with Crippen molar-refractivity contribution in [3.63, 3.8) is 0 Å². The van der Waals surface area contributed by atoms with Gasteiger partial charge in [0.1, 0.15) is 0 Å². The molecule has 2 aliphatic carbocycles. The van der Waals surface area contributed by atoms with Gasteiger partial charge in [0, 0.05) is 11.6 Å². The highest BCUT2D eigenvalue weighted by atomic mass is 16.5. The number of hydrogen-bond donors (Lipinski definition) is 1. The molecule has 4 nitrogen and oxygen atoms in total. The van der Waals surface area contributed by atoms with Crippen LogP contribution < -0.4 is 5.32 Å². The van der Waals surface area contributed by atoms with Crippen molar-refractivity contribution in [3.05, 3.63) is 48.0 Å². The summed E-state index contributed by atoms with van der Waals surface area (Å²) in [5, 5.41) is 2.93. The smallest absolute Gasteiger partial charge is 0.310 e. The standard InChI is InChI=1S/C18H21NO3/c20-17(19-15-11-12-15)16(13-7-3-1-4-8-13)22-18(21)14-9-5-2-6-10-14/h1-5,7-8,14-16H,6,9-12H2,(H,19,20). The molecular weight excluding hydrogens is 278 g/mol. The third-order valence-corrected chi connectivity index (χ3v) is 4.10. The van der Waals surface area contributed by atoms with Gasteiger partial charge < -0.3 is 10.1 Å². The van der Waals surface area contributed by atoms with E-state index in [1.54, 1.807) is 0 Å². The van der Waals surface area contributed by atoms with E-state index in [4.69, 9.17) is 4.74 Å². The van der Waals surface area contributed by atoms with Crippen molar-refractivity contribution in [3.8, 4) is 0 Å². The number of hydrogen-bond acceptors (Lipinski definition) is 3. The number of ether oxygens (including phenoxy) is 1. The molecule has 0 heterocycles. The molecule has 0 aromatic heterocycles. The number of carbonyl (C=O) groups is 2. The molecule has 0 saturated heterocycles. The molecule has 2 atom stereocenters. The second-order valence-corrected chi connectivity index (χ2v) is 5.99. The average molecular weight is 299 g/mol. The third-order valence-electron chi connectivity index (χ3n) is 4.10. The van der Waals surface area contributed by atoms with Crippen LogP contribution in [0.3, 0.4) is 0 Å². The summed E-state index contributed by atoms with van der Waals surface area (Å²) in [6.07, 6.45) is 7.65. The fourth-order valence-corrected chi connectivity index (χ4v) is 2.63. The quantitative estimate of drug-likeness (QED) is 0.672. The van der Waals surface area contributed by atoms with Crippen LogP contribution in [0.2, 0.25) is 0 Å². The molecule has 1 aromatic carbocycles. The van der Waals surface area contributed by atoms with Gasteiger partial charge in [0.25, 0.3) is 5.91 Å². The Morgan fingerprint density at radius 1 is 1.09 bits per heavy atom. The summed E-state index contributed by atoms with van der Waals surface area (Å²) in [5.41, 5.74) is 0.723. The van der Waals surface area contributed by atoms with Gasteiger partial charge in [-0.2, -0.15) is 0 Å². The van der Waals surface area contributed by atoms with Gasteiger partial charge in [-0.25, -0.2) is 0 Å². The lowest BCUT2D eigenvalue weighted by molar-refractivity contribution is -0.160. The van der Waals surface area contributed by atoms with Crippen molar-refractivity contribution in [2.24, 2.45) is 5.92 Å². The highest BCUT2D eigenvalue weighted by molar-refractivity contribution is 5.86. The zero-order chi connectivity index (χ0) is 15.4. The summed E-state index contributed by atoms with van der Waals surface area (Å²) in [6.45, 7) is 0. The van der Waals surface area contributed by atoms with Crippen molar-refractivity contribution in [1.82, 2.24) is 5.32 Å². The van der Waals surface area contributed by atoms with Gasteiger partial charge in [0.15, 0.2) is 0 Å². The fraction of sp³-hybridized carbons (Fsp3) is 0.444. The van der Waals surface area contributed by atoms with E-state index in [-0.39, 0.29) is 23.8 Å². The number of amides is 1. The average Bonchev–Trinajstić information content (AvgIpc) is 3.38. The largest absolute Gasteiger partial charge is 0.447 e. The number of rotatable bonds is 5. The molecular formula is C18H21NO3. The second-order valence-electron chi connectivity index (χ2n) is 5.99. The SMILES string of the molecule is O=C(OC(C(=O)NC1CC1)c1ccccc1)C1CC=CCC1. The highest BCUT2D eigenvalue weighted by Gasteiger charge is 2.32. The molecule has 0 aliphatic heterocycles. The zero-order valence-corrected chi connectivity index (χ0v) is 12.5. The molecule has 0 radical (unpaired) electrons. The maximum absolute atomic E-state index is 12.4. The Labute approximate surface area is 130 Å². The van der Waals surface area contributed by atoms with Crippen molar-refractivity contribution >= 4 is 11.9 Å². The Hall–Kier alpha value is -2.10. The van der Waals surface area contributed by atoms with Crippen molar-refractivity contribution in [1.29, 1.82) is 0 Å². The van der Waals surface area contributed by atoms with E-state index in [0.29, 0.717) is 6.42 Å². The Morgan fingerprint density at radius 3 is 2.50 bits per heavy atom. The van der Waals surface area contributed by atoms with Crippen LogP contribution in [0.5, 0.6) is 0 Å². The molecule has 1 aromatic rings. The number of benzene rings is 1. The topological polar surface area (TPSA) is 55.4 Å². The van der Waals surface area contributed by atoms with E-state index in [9.17, 15) is 9.59 Å². The predicted molar refractivity (Wildman–Crippen MR) is 82.9 cm³/mol. The van der Waals surface area contributed by atoms with Crippen LogP contribution in [0.1, 0.15) is 43.8 Å². The lowest BCUT2D eigenvalue weighted by Crippen LogP contribution is -2.34. The van der Waals surface area contributed by atoms with Gasteiger partial charge in [-0.15, -0.1) is 0 Å². The highest BCUT2D eigenvalue weighted by Crippen LogP contribution is 2.26. The zero-order valence-electron chi connectivity index (χ0n) is 12.5. The van der Waals surface area contributed by atoms with Gasteiger partial charge in [0.05, 0.1) is 5.92 Å². The summed E-state index contributed by atoms with van der Waals surface area (Å²) >= 11 is 0. The van der Waals surface area contributed by atoms with Crippen LogP contribution in [-0.4, -0.2) is 17.9 Å². The minimum absolute atomic E-state index is 0.134. The maximum atomic E-state index is 12.4. The normalized spacial score (nSPS) is 21.9. The summed E-state index contributed by atoms with van der Waals surface area (Å²) in [6, 6.07) is 9.48. The summed E-state index contributed by atoms with van der Waals surface area (Å²) in [4.78, 5) is 24.8. The first-order valence-corrected chi connectivity index (χ1v) is 7.95. The van der Waals surface area contributed by atoms with E-state index in [2.05, 4.69) is 11.4 Å². The van der Waals surface area contributed by atoms with E-state index in [1.165, 1.54) is 0 Å². The van der Waals surface area contributed by atoms with Gasteiger partial charge in [-0.05, 0) is 32.1 Å². The van der Waals surface area contributed by atoms with Crippen LogP contribution in [0, 0.1) is 5.92 Å². The van der Waals surface area contributed by atoms with Crippen molar-refractivity contribution in [2.75, 3.05) is 0 Å². The van der Waals surface area contributed by atoms with E-state index >= 15 is 0 Å². The first-order chi connectivity index (χ1) is 10.7. The first kappa shape index (κ1) is 14.8. The Morgan fingerprint density at radius 2 is 1.86 bits per heavy atom. The molecule has 1 amide bonds. The van der Waals surface area contributed by atoms with Crippen LogP contribution in [-0.2, 0) is 14.3 Å². The summed E-state index contributed by atoms with van der Waals surface area (Å²) < 4.78 is 5.58. The molecule has 2 unspecified atom stereocenters. The molecule has 4 heteroatoms. The number of carbonyl (C=O) groups excluding carboxylic acids is 2. The van der Waals surface area contributed by atoms with Crippen LogP contribution in [0.4, 0.5) is 0 Å². The van der Waals surface area contributed by atoms with Crippen LogP contribution >= 0.6 is 0 Å². The number of esters is 1. The molecule has 2 aliphatic rings. The van der Waals surface area contributed by atoms with Crippen molar-refractivity contribution < 1.29 is 14.3 Å². The third kappa shape index (κ3) is 3.75. The molecule has 1 N–H and O–H groups in total. The summed E-state index contributed by atoms with van der Waals surface area (Å²) in [7, 11) is 0. The first-order valence-electron chi connectivity index (χ1n) is 7.95. The van der Waals surface area contributed by atoms with E-state index in [0.717, 1.165) is 31.2 Å². The molecule has 1 fully saturated rings. The maximum Gasteiger partial charge on any atom is 0.310 e. The van der Waals surface area contributed by atoms with Gasteiger partial charge in [0.2, 0.25) is 6.10 Å². The predicted octanol–water partition coefficient (Wildman–Crippen LogP) is 2.91. The number of nitrogens with one attached hydrogen (secondary N) is 1. The minimum atomic E-state index is -0.847. The lowest BCUT2D eigenvalue weighted by Gasteiger charge is -2.22. The Balaban J connectivity index is 1.71. The Kier molecular flexibility index (Phi) is 4.56.